The van der Waals surface area contributed by atoms with Crippen LogP contribution in [-0.4, -0.2) is 12.4 Å². The number of hydrogen-bond acceptors (Lipinski definition) is 1. The molecule has 1 rings (SSSR count). The van der Waals surface area contributed by atoms with Gasteiger partial charge in [0.25, 0.3) is 0 Å². The van der Waals surface area contributed by atoms with Gasteiger partial charge < -0.3 is 4.74 Å². The molecule has 0 amide bonds. The summed E-state index contributed by atoms with van der Waals surface area (Å²) in [6, 6.07) is 5.47. The second-order valence-electron chi connectivity index (χ2n) is 2.28. The van der Waals surface area contributed by atoms with Crippen LogP contribution >= 0.6 is 27.5 Å². The molecule has 0 N–H and O–H groups in total. The smallest absolute Gasteiger partial charge is 0.137 e. The van der Waals surface area contributed by atoms with Crippen LogP contribution in [0.15, 0.2) is 18.2 Å². The molecule has 0 aliphatic rings. The van der Waals surface area contributed by atoms with Gasteiger partial charge in [-0.15, -0.1) is 0 Å². The first-order chi connectivity index (χ1) is 6.27. The van der Waals surface area contributed by atoms with E-state index < -0.39 is 0 Å². The SMILES string of the molecule is COc1ccc(C#CCBr)cc1Cl. The van der Waals surface area contributed by atoms with Crippen molar-refractivity contribution < 1.29 is 4.74 Å². The van der Waals surface area contributed by atoms with Crippen LogP contribution in [0.5, 0.6) is 5.75 Å². The molecule has 0 unspecified atom stereocenters. The predicted molar refractivity (Wildman–Crippen MR) is 58.7 cm³/mol. The van der Waals surface area contributed by atoms with Crippen LogP contribution in [0.1, 0.15) is 5.56 Å². The van der Waals surface area contributed by atoms with E-state index in [9.17, 15) is 0 Å². The first kappa shape index (κ1) is 10.4. The van der Waals surface area contributed by atoms with Crippen LogP contribution < -0.4 is 4.74 Å². The number of benzene rings is 1. The topological polar surface area (TPSA) is 9.23 Å². The lowest BCUT2D eigenvalue weighted by Crippen LogP contribution is -1.84. The number of rotatable bonds is 1. The molecule has 0 saturated carbocycles. The zero-order valence-electron chi connectivity index (χ0n) is 7.10. The molecule has 1 aromatic carbocycles. The largest absolute Gasteiger partial charge is 0.495 e. The van der Waals surface area contributed by atoms with Gasteiger partial charge in [0.05, 0.1) is 17.5 Å². The summed E-state index contributed by atoms with van der Waals surface area (Å²) in [7, 11) is 1.59. The number of methoxy groups -OCH3 is 1. The van der Waals surface area contributed by atoms with E-state index in [4.69, 9.17) is 16.3 Å². The van der Waals surface area contributed by atoms with Gasteiger partial charge in [0.2, 0.25) is 0 Å². The minimum absolute atomic E-state index is 0.587. The van der Waals surface area contributed by atoms with Crippen LogP contribution in [0.2, 0.25) is 5.02 Å². The van der Waals surface area contributed by atoms with Crippen LogP contribution in [-0.2, 0) is 0 Å². The maximum atomic E-state index is 5.90. The van der Waals surface area contributed by atoms with Crippen LogP contribution in [0.4, 0.5) is 0 Å². The molecule has 1 aromatic rings. The molecule has 1 nitrogen and oxygen atoms in total. The van der Waals surface area contributed by atoms with Crippen molar-refractivity contribution in [1.29, 1.82) is 0 Å². The van der Waals surface area contributed by atoms with Gasteiger partial charge in [-0.3, -0.25) is 0 Å². The third-order valence-corrected chi connectivity index (χ3v) is 2.03. The minimum atomic E-state index is 0.587. The van der Waals surface area contributed by atoms with Gasteiger partial charge >= 0.3 is 0 Å². The van der Waals surface area contributed by atoms with Gasteiger partial charge in [0.1, 0.15) is 5.75 Å². The quantitative estimate of drug-likeness (QED) is 0.556. The van der Waals surface area contributed by atoms with E-state index in [0.29, 0.717) is 16.1 Å². The second kappa shape index (κ2) is 5.16. The molecule has 0 atom stereocenters. The first-order valence-electron chi connectivity index (χ1n) is 3.66. The zero-order valence-corrected chi connectivity index (χ0v) is 9.45. The maximum absolute atomic E-state index is 5.90. The van der Waals surface area contributed by atoms with Crippen molar-refractivity contribution >= 4 is 27.5 Å². The summed E-state index contributed by atoms with van der Waals surface area (Å²) >= 11 is 9.13. The molecular weight excluding hydrogens is 251 g/mol. The van der Waals surface area contributed by atoms with Crippen LogP contribution in [0, 0.1) is 11.8 Å². The highest BCUT2D eigenvalue weighted by molar-refractivity contribution is 9.09. The minimum Gasteiger partial charge on any atom is -0.495 e. The van der Waals surface area contributed by atoms with Crippen molar-refractivity contribution in [1.82, 2.24) is 0 Å². The standard InChI is InChI=1S/C10H8BrClO/c1-13-10-5-4-8(3-2-6-11)7-9(10)12/h4-5,7H,6H2,1H3. The van der Waals surface area contributed by atoms with Gasteiger partial charge in [-0.2, -0.15) is 0 Å². The molecule has 0 radical (unpaired) electrons. The van der Waals surface area contributed by atoms with Crippen molar-refractivity contribution in [2.75, 3.05) is 12.4 Å². The van der Waals surface area contributed by atoms with Gasteiger partial charge in [0.15, 0.2) is 0 Å². The number of ether oxygens (including phenoxy) is 1. The average Bonchev–Trinajstić information content (AvgIpc) is 2.15. The Morgan fingerprint density at radius 2 is 2.31 bits per heavy atom. The van der Waals surface area contributed by atoms with Crippen LogP contribution in [0.25, 0.3) is 0 Å². The Labute approximate surface area is 91.2 Å². The van der Waals surface area contributed by atoms with Crippen molar-refractivity contribution in [2.24, 2.45) is 0 Å². The zero-order chi connectivity index (χ0) is 9.68. The summed E-state index contributed by atoms with van der Waals surface area (Å²) in [4.78, 5) is 0. The van der Waals surface area contributed by atoms with Crippen molar-refractivity contribution in [3.63, 3.8) is 0 Å². The molecule has 0 aromatic heterocycles. The van der Waals surface area contributed by atoms with E-state index in [1.54, 1.807) is 19.2 Å². The lowest BCUT2D eigenvalue weighted by Gasteiger charge is -2.01. The average molecular weight is 260 g/mol. The summed E-state index contributed by atoms with van der Waals surface area (Å²) in [5.74, 6) is 6.52. The molecule has 0 bridgehead atoms. The Balaban J connectivity index is 2.96. The van der Waals surface area contributed by atoms with Gasteiger partial charge in [-0.05, 0) is 18.2 Å². The normalized spacial score (nSPS) is 8.85. The van der Waals surface area contributed by atoms with E-state index in [-0.39, 0.29) is 0 Å². The highest BCUT2D eigenvalue weighted by Crippen LogP contribution is 2.24. The molecule has 0 fully saturated rings. The fourth-order valence-electron chi connectivity index (χ4n) is 0.880. The molecule has 13 heavy (non-hydrogen) atoms. The van der Waals surface area contributed by atoms with E-state index in [2.05, 4.69) is 27.8 Å². The Morgan fingerprint density at radius 3 is 2.85 bits per heavy atom. The van der Waals surface area contributed by atoms with Crippen LogP contribution in [0.3, 0.4) is 0 Å². The lowest BCUT2D eigenvalue weighted by molar-refractivity contribution is 0.415. The number of halogens is 2. The fourth-order valence-corrected chi connectivity index (χ4v) is 1.28. The van der Waals surface area contributed by atoms with E-state index in [1.165, 1.54) is 0 Å². The number of hydrogen-bond donors (Lipinski definition) is 0. The fraction of sp³-hybridized carbons (Fsp3) is 0.200. The van der Waals surface area contributed by atoms with E-state index in [1.807, 2.05) is 6.07 Å². The lowest BCUT2D eigenvalue weighted by atomic mass is 10.2. The second-order valence-corrected chi connectivity index (χ2v) is 3.25. The maximum Gasteiger partial charge on any atom is 0.137 e. The van der Waals surface area contributed by atoms with Crippen molar-refractivity contribution in [2.45, 2.75) is 0 Å². The van der Waals surface area contributed by atoms with Crippen molar-refractivity contribution in [3.8, 4) is 17.6 Å². The summed E-state index contributed by atoms with van der Waals surface area (Å²) in [5.41, 5.74) is 0.894. The van der Waals surface area contributed by atoms with Crippen molar-refractivity contribution in [3.05, 3.63) is 28.8 Å². The highest BCUT2D eigenvalue weighted by Gasteiger charge is 1.98. The summed E-state index contributed by atoms with van der Waals surface area (Å²) < 4.78 is 5.02. The first-order valence-corrected chi connectivity index (χ1v) is 5.16. The molecule has 0 heterocycles. The molecule has 3 heteroatoms. The van der Waals surface area contributed by atoms with Gasteiger partial charge in [-0.1, -0.05) is 39.4 Å². The molecule has 0 aliphatic heterocycles. The molecule has 0 saturated heterocycles. The third kappa shape index (κ3) is 2.95. The highest BCUT2D eigenvalue weighted by atomic mass is 79.9. The summed E-state index contributed by atoms with van der Waals surface area (Å²) in [6.45, 7) is 0. The Bertz CT molecular complexity index is 352. The monoisotopic (exact) mass is 258 g/mol. The molecule has 0 spiro atoms. The summed E-state index contributed by atoms with van der Waals surface area (Å²) in [6.07, 6.45) is 0. The Hall–Kier alpha value is -0.650. The third-order valence-electron chi connectivity index (χ3n) is 1.45. The van der Waals surface area contributed by atoms with Gasteiger partial charge in [0, 0.05) is 5.56 Å². The number of alkyl halides is 1. The predicted octanol–water partition coefficient (Wildman–Crippen LogP) is 3.10. The Kier molecular flexibility index (Phi) is 4.14. The van der Waals surface area contributed by atoms with E-state index in [0.717, 1.165) is 5.56 Å². The molecular formula is C10H8BrClO. The van der Waals surface area contributed by atoms with Gasteiger partial charge in [-0.25, -0.2) is 0 Å². The Morgan fingerprint density at radius 1 is 1.54 bits per heavy atom. The molecule has 0 aliphatic carbocycles. The summed E-state index contributed by atoms with van der Waals surface area (Å²) in [5, 5.41) is 1.25. The molecule has 68 valence electrons. The van der Waals surface area contributed by atoms with E-state index >= 15 is 0 Å².